The van der Waals surface area contributed by atoms with Crippen LogP contribution >= 0.6 is 11.6 Å². The van der Waals surface area contributed by atoms with Gasteiger partial charge in [-0.1, -0.05) is 29.8 Å². The Morgan fingerprint density at radius 1 is 1.17 bits per heavy atom. The van der Waals surface area contributed by atoms with Crippen LogP contribution in [0.2, 0.25) is 5.02 Å². The average molecular weight is 353 g/mol. The summed E-state index contributed by atoms with van der Waals surface area (Å²) in [5.74, 6) is -0.395. The van der Waals surface area contributed by atoms with E-state index < -0.39 is 15.9 Å². The molecule has 0 saturated heterocycles. The van der Waals surface area contributed by atoms with Crippen LogP contribution in [-0.2, 0) is 10.0 Å². The van der Waals surface area contributed by atoms with Gasteiger partial charge in [-0.2, -0.15) is 0 Å². The first kappa shape index (κ1) is 17.3. The van der Waals surface area contributed by atoms with Gasteiger partial charge in [0.15, 0.2) is 0 Å². The fraction of sp³-hybridized carbons (Fsp3) is 0.188. The first-order chi connectivity index (χ1) is 10.7. The van der Waals surface area contributed by atoms with Gasteiger partial charge in [0.2, 0.25) is 10.0 Å². The summed E-state index contributed by atoms with van der Waals surface area (Å²) < 4.78 is 24.3. The minimum atomic E-state index is -3.42. The van der Waals surface area contributed by atoms with Gasteiger partial charge >= 0.3 is 0 Å². The Bertz CT molecular complexity index is 850. The molecule has 2 aromatic carbocycles. The Balaban J connectivity index is 2.35. The van der Waals surface area contributed by atoms with Crippen molar-refractivity contribution in [3.8, 4) is 0 Å². The molecule has 0 fully saturated rings. The number of amides is 1. The maximum absolute atomic E-state index is 12.4. The van der Waals surface area contributed by atoms with Gasteiger partial charge in [0.05, 0.1) is 22.5 Å². The predicted octanol–water partition coefficient (Wildman–Crippen LogP) is 3.30. The van der Waals surface area contributed by atoms with Crippen LogP contribution in [0.4, 0.5) is 11.4 Å². The van der Waals surface area contributed by atoms with E-state index in [1.807, 2.05) is 25.1 Å². The number of sulfonamides is 1. The van der Waals surface area contributed by atoms with E-state index in [4.69, 9.17) is 11.6 Å². The van der Waals surface area contributed by atoms with Crippen LogP contribution in [0.25, 0.3) is 0 Å². The van der Waals surface area contributed by atoms with Crippen molar-refractivity contribution in [2.24, 2.45) is 0 Å². The molecule has 7 heteroatoms. The molecular formula is C16H17ClN2O3S. The smallest absolute Gasteiger partial charge is 0.257 e. The Morgan fingerprint density at radius 3 is 2.43 bits per heavy atom. The first-order valence-electron chi connectivity index (χ1n) is 6.80. The number of para-hydroxylation sites is 1. The standard InChI is InChI=1S/C16H17ClN2O3S/c1-11-6-4-5-7-15(11)18-16(20)13-10-12(8-9-14(13)17)19(2)23(3,21)22/h4-10H,1-3H3,(H,18,20). The molecule has 0 spiro atoms. The number of anilines is 2. The molecule has 0 saturated carbocycles. The number of carbonyl (C=O) groups excluding carboxylic acids is 1. The summed E-state index contributed by atoms with van der Waals surface area (Å²) in [7, 11) is -2.00. The predicted molar refractivity (Wildman–Crippen MR) is 93.8 cm³/mol. The fourth-order valence-electron chi connectivity index (χ4n) is 1.98. The molecular weight excluding hydrogens is 336 g/mol. The SMILES string of the molecule is Cc1ccccc1NC(=O)c1cc(N(C)S(C)(=O)=O)ccc1Cl. The van der Waals surface area contributed by atoms with Crippen molar-refractivity contribution >= 4 is 38.9 Å². The van der Waals surface area contributed by atoms with Crippen LogP contribution in [-0.4, -0.2) is 27.6 Å². The Labute approximate surface area is 140 Å². The minimum Gasteiger partial charge on any atom is -0.322 e. The van der Waals surface area contributed by atoms with Gasteiger partial charge in [0.1, 0.15) is 0 Å². The topological polar surface area (TPSA) is 66.5 Å². The quantitative estimate of drug-likeness (QED) is 0.918. The molecule has 0 heterocycles. The highest BCUT2D eigenvalue weighted by molar-refractivity contribution is 7.92. The molecule has 0 atom stereocenters. The molecule has 1 N–H and O–H groups in total. The van der Waals surface area contributed by atoms with Crippen molar-refractivity contribution in [3.63, 3.8) is 0 Å². The van der Waals surface area contributed by atoms with E-state index in [2.05, 4.69) is 5.32 Å². The van der Waals surface area contributed by atoms with Crippen molar-refractivity contribution in [2.75, 3.05) is 22.9 Å². The van der Waals surface area contributed by atoms with Crippen LogP contribution < -0.4 is 9.62 Å². The number of hydrogen-bond donors (Lipinski definition) is 1. The van der Waals surface area contributed by atoms with Gasteiger partial charge in [0.25, 0.3) is 5.91 Å². The van der Waals surface area contributed by atoms with Gasteiger partial charge in [-0.25, -0.2) is 8.42 Å². The molecule has 0 radical (unpaired) electrons. The summed E-state index contributed by atoms with van der Waals surface area (Å²) in [5, 5.41) is 3.03. The summed E-state index contributed by atoms with van der Waals surface area (Å²) in [6, 6.07) is 11.9. The highest BCUT2D eigenvalue weighted by Crippen LogP contribution is 2.25. The fourth-order valence-corrected chi connectivity index (χ4v) is 2.68. The van der Waals surface area contributed by atoms with Crippen molar-refractivity contribution in [1.82, 2.24) is 0 Å². The second kappa shape index (κ2) is 6.60. The first-order valence-corrected chi connectivity index (χ1v) is 9.03. The number of halogens is 1. The van der Waals surface area contributed by atoms with Crippen LogP contribution in [0.3, 0.4) is 0 Å². The van der Waals surface area contributed by atoms with E-state index in [9.17, 15) is 13.2 Å². The van der Waals surface area contributed by atoms with Crippen LogP contribution in [0, 0.1) is 6.92 Å². The third-order valence-electron chi connectivity index (χ3n) is 3.45. The van der Waals surface area contributed by atoms with E-state index in [0.717, 1.165) is 16.1 Å². The van der Waals surface area contributed by atoms with Crippen molar-refractivity contribution in [1.29, 1.82) is 0 Å². The summed E-state index contributed by atoms with van der Waals surface area (Å²) in [6.45, 7) is 1.88. The third kappa shape index (κ3) is 4.03. The van der Waals surface area contributed by atoms with Gasteiger partial charge in [-0.05, 0) is 36.8 Å². The van der Waals surface area contributed by atoms with Crippen molar-refractivity contribution in [2.45, 2.75) is 6.92 Å². The highest BCUT2D eigenvalue weighted by Gasteiger charge is 2.17. The molecule has 1 amide bonds. The number of nitrogens with zero attached hydrogens (tertiary/aromatic N) is 1. The van der Waals surface area contributed by atoms with E-state index in [1.54, 1.807) is 12.1 Å². The largest absolute Gasteiger partial charge is 0.322 e. The molecule has 2 aromatic rings. The van der Waals surface area contributed by atoms with Crippen LogP contribution in [0.5, 0.6) is 0 Å². The Morgan fingerprint density at radius 2 is 1.83 bits per heavy atom. The minimum absolute atomic E-state index is 0.211. The highest BCUT2D eigenvalue weighted by atomic mass is 35.5. The molecule has 122 valence electrons. The lowest BCUT2D eigenvalue weighted by Crippen LogP contribution is -2.25. The lowest BCUT2D eigenvalue weighted by atomic mass is 10.1. The number of rotatable bonds is 4. The van der Waals surface area contributed by atoms with Gasteiger partial charge < -0.3 is 5.32 Å². The van der Waals surface area contributed by atoms with Gasteiger partial charge in [-0.15, -0.1) is 0 Å². The number of benzene rings is 2. The van der Waals surface area contributed by atoms with Gasteiger partial charge in [0, 0.05) is 12.7 Å². The maximum atomic E-state index is 12.4. The number of aryl methyl sites for hydroxylation is 1. The molecule has 2 rings (SSSR count). The van der Waals surface area contributed by atoms with Crippen molar-refractivity contribution < 1.29 is 13.2 Å². The average Bonchev–Trinajstić information content (AvgIpc) is 2.48. The normalized spacial score (nSPS) is 11.1. The number of hydrogen-bond acceptors (Lipinski definition) is 3. The maximum Gasteiger partial charge on any atom is 0.257 e. The molecule has 0 aliphatic carbocycles. The summed E-state index contributed by atoms with van der Waals surface area (Å²) in [6.07, 6.45) is 1.09. The molecule has 5 nitrogen and oxygen atoms in total. The van der Waals surface area contributed by atoms with E-state index in [-0.39, 0.29) is 10.6 Å². The zero-order valence-corrected chi connectivity index (χ0v) is 14.6. The molecule has 0 bridgehead atoms. The zero-order chi connectivity index (χ0) is 17.2. The molecule has 0 unspecified atom stereocenters. The van der Waals surface area contributed by atoms with E-state index >= 15 is 0 Å². The van der Waals surface area contributed by atoms with Crippen molar-refractivity contribution in [3.05, 3.63) is 58.6 Å². The molecule has 0 aliphatic rings. The number of carbonyl (C=O) groups is 1. The van der Waals surface area contributed by atoms with Crippen LogP contribution in [0.1, 0.15) is 15.9 Å². The zero-order valence-electron chi connectivity index (χ0n) is 13.0. The second-order valence-corrected chi connectivity index (χ2v) is 7.58. The van der Waals surface area contributed by atoms with Gasteiger partial charge in [-0.3, -0.25) is 9.10 Å². The number of nitrogens with one attached hydrogen (secondary N) is 1. The Kier molecular flexibility index (Phi) is 4.97. The molecule has 0 aliphatic heterocycles. The lowest BCUT2D eigenvalue weighted by Gasteiger charge is -2.18. The summed E-state index contributed by atoms with van der Waals surface area (Å²) in [4.78, 5) is 12.4. The second-order valence-electron chi connectivity index (χ2n) is 5.16. The molecule has 23 heavy (non-hydrogen) atoms. The monoisotopic (exact) mass is 352 g/mol. The lowest BCUT2D eigenvalue weighted by molar-refractivity contribution is 0.102. The third-order valence-corrected chi connectivity index (χ3v) is 4.98. The molecule has 0 aromatic heterocycles. The Hall–Kier alpha value is -2.05. The van der Waals surface area contributed by atoms with E-state index in [0.29, 0.717) is 11.4 Å². The van der Waals surface area contributed by atoms with E-state index in [1.165, 1.54) is 19.2 Å². The summed E-state index contributed by atoms with van der Waals surface area (Å²) >= 11 is 6.09. The van der Waals surface area contributed by atoms with Crippen LogP contribution in [0.15, 0.2) is 42.5 Å². The summed E-state index contributed by atoms with van der Waals surface area (Å²) in [5.41, 5.74) is 2.17.